The lowest BCUT2D eigenvalue weighted by molar-refractivity contribution is -0.119. The van der Waals surface area contributed by atoms with Gasteiger partial charge in [0.1, 0.15) is 5.78 Å². The van der Waals surface area contributed by atoms with Crippen LogP contribution < -0.4 is 0 Å². The molecule has 2 aliphatic carbocycles. The Bertz CT molecular complexity index is 440. The first kappa shape index (κ1) is 14.2. The highest BCUT2D eigenvalue weighted by atomic mass is 16.1. The zero-order chi connectivity index (χ0) is 13.8. The third-order valence-corrected chi connectivity index (χ3v) is 4.37. The minimum atomic E-state index is 0.191. The molecule has 104 valence electrons. The predicted molar refractivity (Wildman–Crippen MR) is 76.9 cm³/mol. The Morgan fingerprint density at radius 3 is 2.79 bits per heavy atom. The summed E-state index contributed by atoms with van der Waals surface area (Å²) in [6, 6.07) is 0. The number of fused-ring (bicyclic) bond motifs is 1. The van der Waals surface area contributed by atoms with Crippen LogP contribution in [0.4, 0.5) is 0 Å². The normalized spacial score (nSPS) is 26.5. The molecule has 0 aliphatic heterocycles. The molecule has 2 rings (SSSR count). The van der Waals surface area contributed by atoms with E-state index in [9.17, 15) is 9.59 Å². The second-order valence-corrected chi connectivity index (χ2v) is 5.87. The van der Waals surface area contributed by atoms with Crippen LogP contribution in [0.3, 0.4) is 0 Å². The average molecular weight is 260 g/mol. The topological polar surface area (TPSA) is 34.1 Å². The average Bonchev–Trinajstić information content (AvgIpc) is 2.73. The molecule has 1 atom stereocenters. The number of carbonyl (C=O) groups is 2. The molecule has 0 aromatic rings. The SMILES string of the molecule is CCCC/C1=C/C2=C(C(C)=O)CC[C@H]2CC(=O)CC1. The summed E-state index contributed by atoms with van der Waals surface area (Å²) in [7, 11) is 0. The molecule has 0 heterocycles. The van der Waals surface area contributed by atoms with Crippen LogP contribution in [-0.4, -0.2) is 11.6 Å². The molecule has 0 saturated heterocycles. The van der Waals surface area contributed by atoms with Crippen LogP contribution in [-0.2, 0) is 9.59 Å². The van der Waals surface area contributed by atoms with Gasteiger partial charge in [-0.25, -0.2) is 0 Å². The number of hydrogen-bond donors (Lipinski definition) is 0. The van der Waals surface area contributed by atoms with Gasteiger partial charge in [-0.3, -0.25) is 9.59 Å². The monoisotopic (exact) mass is 260 g/mol. The Hall–Kier alpha value is -1.18. The number of hydrogen-bond acceptors (Lipinski definition) is 2. The maximum absolute atomic E-state index is 11.9. The zero-order valence-corrected chi connectivity index (χ0v) is 12.1. The van der Waals surface area contributed by atoms with Gasteiger partial charge in [0, 0.05) is 12.8 Å². The third kappa shape index (κ3) is 3.43. The van der Waals surface area contributed by atoms with Crippen molar-refractivity contribution in [2.45, 2.75) is 65.2 Å². The maximum atomic E-state index is 11.9. The van der Waals surface area contributed by atoms with Crippen molar-refractivity contribution in [3.8, 4) is 0 Å². The Labute approximate surface area is 116 Å². The van der Waals surface area contributed by atoms with Gasteiger partial charge in [-0.2, -0.15) is 0 Å². The second kappa shape index (κ2) is 6.31. The molecule has 2 aliphatic rings. The van der Waals surface area contributed by atoms with Crippen molar-refractivity contribution in [1.29, 1.82) is 0 Å². The molecule has 0 radical (unpaired) electrons. The molecule has 0 unspecified atom stereocenters. The van der Waals surface area contributed by atoms with E-state index in [0.717, 1.165) is 31.3 Å². The number of carbonyl (C=O) groups excluding carboxylic acids is 2. The van der Waals surface area contributed by atoms with Crippen molar-refractivity contribution in [3.63, 3.8) is 0 Å². The van der Waals surface area contributed by atoms with E-state index in [1.54, 1.807) is 6.92 Å². The fourth-order valence-electron chi connectivity index (χ4n) is 3.23. The van der Waals surface area contributed by atoms with E-state index in [1.165, 1.54) is 24.0 Å². The Balaban J connectivity index is 2.31. The molecule has 0 fully saturated rings. The fourth-order valence-corrected chi connectivity index (χ4v) is 3.23. The summed E-state index contributed by atoms with van der Waals surface area (Å²) in [5.41, 5.74) is 3.54. The molecule has 2 nitrogen and oxygen atoms in total. The Morgan fingerprint density at radius 2 is 2.11 bits per heavy atom. The van der Waals surface area contributed by atoms with Gasteiger partial charge in [0.2, 0.25) is 0 Å². The summed E-state index contributed by atoms with van der Waals surface area (Å²) >= 11 is 0. The minimum Gasteiger partial charge on any atom is -0.300 e. The summed E-state index contributed by atoms with van der Waals surface area (Å²) in [5, 5.41) is 0. The van der Waals surface area contributed by atoms with Crippen LogP contribution in [0.1, 0.15) is 65.2 Å². The highest BCUT2D eigenvalue weighted by Crippen LogP contribution is 2.38. The fraction of sp³-hybridized carbons (Fsp3) is 0.647. The van der Waals surface area contributed by atoms with Crippen molar-refractivity contribution in [1.82, 2.24) is 0 Å². The predicted octanol–water partition coefficient (Wildman–Crippen LogP) is 4.15. The van der Waals surface area contributed by atoms with Crippen LogP contribution in [0.15, 0.2) is 22.8 Å². The molecular weight excluding hydrogens is 236 g/mol. The summed E-state index contributed by atoms with van der Waals surface area (Å²) in [6.07, 6.45) is 9.74. The van der Waals surface area contributed by atoms with Gasteiger partial charge in [-0.1, -0.05) is 25.0 Å². The Morgan fingerprint density at radius 1 is 1.32 bits per heavy atom. The lowest BCUT2D eigenvalue weighted by Gasteiger charge is -2.18. The molecule has 0 saturated carbocycles. The van der Waals surface area contributed by atoms with Gasteiger partial charge in [-0.05, 0) is 56.1 Å². The van der Waals surface area contributed by atoms with E-state index in [1.807, 2.05) is 0 Å². The molecule has 0 N–H and O–H groups in total. The molecule has 0 aromatic carbocycles. The van der Waals surface area contributed by atoms with Gasteiger partial charge in [-0.15, -0.1) is 0 Å². The first-order valence-corrected chi connectivity index (χ1v) is 7.57. The van der Waals surface area contributed by atoms with Crippen LogP contribution in [0.5, 0.6) is 0 Å². The van der Waals surface area contributed by atoms with E-state index in [4.69, 9.17) is 0 Å². The number of rotatable bonds is 4. The quantitative estimate of drug-likeness (QED) is 0.761. The molecule has 0 amide bonds. The van der Waals surface area contributed by atoms with E-state index in [0.29, 0.717) is 24.5 Å². The smallest absolute Gasteiger partial charge is 0.156 e. The lowest BCUT2D eigenvalue weighted by Crippen LogP contribution is -2.11. The molecular formula is C17H24O2. The number of Topliss-reactive ketones (excluding diaryl/α,β-unsaturated/α-hetero) is 2. The van der Waals surface area contributed by atoms with Gasteiger partial charge < -0.3 is 0 Å². The van der Waals surface area contributed by atoms with E-state index in [-0.39, 0.29) is 5.78 Å². The molecule has 0 spiro atoms. The van der Waals surface area contributed by atoms with Gasteiger partial charge in [0.05, 0.1) is 0 Å². The highest BCUT2D eigenvalue weighted by molar-refractivity contribution is 5.95. The third-order valence-electron chi connectivity index (χ3n) is 4.37. The van der Waals surface area contributed by atoms with E-state index in [2.05, 4.69) is 13.0 Å². The standard InChI is InChI=1S/C17H24O2/c1-3-4-5-13-6-8-15(19)11-14-7-9-16(12(2)18)17(14)10-13/h10,14H,3-9,11H2,1-2H3/b13-10-/t14-/m0/s1. The highest BCUT2D eigenvalue weighted by Gasteiger charge is 2.29. The number of unbranched alkanes of at least 4 members (excludes halogenated alkanes) is 1. The Kier molecular flexibility index (Phi) is 4.73. The molecule has 0 bridgehead atoms. The van der Waals surface area contributed by atoms with Crippen molar-refractivity contribution in [3.05, 3.63) is 22.8 Å². The van der Waals surface area contributed by atoms with E-state index >= 15 is 0 Å². The molecule has 0 aromatic heterocycles. The van der Waals surface area contributed by atoms with Crippen molar-refractivity contribution >= 4 is 11.6 Å². The van der Waals surface area contributed by atoms with Crippen LogP contribution >= 0.6 is 0 Å². The largest absolute Gasteiger partial charge is 0.300 e. The molecule has 2 heteroatoms. The van der Waals surface area contributed by atoms with Crippen molar-refractivity contribution in [2.24, 2.45) is 5.92 Å². The maximum Gasteiger partial charge on any atom is 0.156 e. The first-order chi connectivity index (χ1) is 9.11. The van der Waals surface area contributed by atoms with Crippen LogP contribution in [0.2, 0.25) is 0 Å². The van der Waals surface area contributed by atoms with Gasteiger partial charge in [0.25, 0.3) is 0 Å². The molecule has 19 heavy (non-hydrogen) atoms. The summed E-state index contributed by atoms with van der Waals surface area (Å²) < 4.78 is 0. The number of ketones is 2. The first-order valence-electron chi connectivity index (χ1n) is 7.57. The van der Waals surface area contributed by atoms with Crippen molar-refractivity contribution in [2.75, 3.05) is 0 Å². The lowest BCUT2D eigenvalue weighted by atomic mass is 9.86. The summed E-state index contributed by atoms with van der Waals surface area (Å²) in [6.45, 7) is 3.85. The van der Waals surface area contributed by atoms with Crippen LogP contribution in [0.25, 0.3) is 0 Å². The van der Waals surface area contributed by atoms with Gasteiger partial charge >= 0.3 is 0 Å². The van der Waals surface area contributed by atoms with Crippen molar-refractivity contribution < 1.29 is 9.59 Å². The summed E-state index contributed by atoms with van der Waals surface area (Å²) in [5.74, 6) is 0.870. The second-order valence-electron chi connectivity index (χ2n) is 5.87. The zero-order valence-electron chi connectivity index (χ0n) is 12.1. The minimum absolute atomic E-state index is 0.191. The van der Waals surface area contributed by atoms with E-state index < -0.39 is 0 Å². The van der Waals surface area contributed by atoms with Crippen LogP contribution in [0, 0.1) is 5.92 Å². The van der Waals surface area contributed by atoms with Gasteiger partial charge in [0.15, 0.2) is 5.78 Å². The summed E-state index contributed by atoms with van der Waals surface area (Å²) in [4.78, 5) is 23.7. The number of allylic oxidation sites excluding steroid dienone is 4.